The van der Waals surface area contributed by atoms with Crippen LogP contribution in [0.1, 0.15) is 5.56 Å². The molecule has 0 saturated heterocycles. The summed E-state index contributed by atoms with van der Waals surface area (Å²) in [7, 11) is 4.17. The largest absolute Gasteiger partial charge is 0.311 e. The predicted molar refractivity (Wildman–Crippen MR) is 78.9 cm³/mol. The molecular formula is C11H19BrCl2N2. The van der Waals surface area contributed by atoms with Crippen LogP contribution in [0, 0.1) is 0 Å². The van der Waals surface area contributed by atoms with Crippen LogP contribution in [0.4, 0.5) is 0 Å². The van der Waals surface area contributed by atoms with Gasteiger partial charge in [-0.3, -0.25) is 0 Å². The summed E-state index contributed by atoms with van der Waals surface area (Å²) in [5, 5.41) is 3.40. The standard InChI is InChI=1S/C11H17BrN2.2ClH/c1-14(2)8-7-13-9-10-3-5-11(12)6-4-10;;/h3-6,13H,7-9H2,1-2H3;2*1H. The second kappa shape index (κ2) is 10.4. The maximum Gasteiger partial charge on any atom is 0.0206 e. The number of hydrogen-bond donors (Lipinski definition) is 1. The van der Waals surface area contributed by atoms with Gasteiger partial charge < -0.3 is 10.2 Å². The summed E-state index contributed by atoms with van der Waals surface area (Å²) in [6.07, 6.45) is 0. The van der Waals surface area contributed by atoms with E-state index < -0.39 is 0 Å². The van der Waals surface area contributed by atoms with E-state index in [-0.39, 0.29) is 24.8 Å². The van der Waals surface area contributed by atoms with E-state index in [1.165, 1.54) is 5.56 Å². The SMILES string of the molecule is CN(C)CCNCc1ccc(Br)cc1.Cl.Cl. The lowest BCUT2D eigenvalue weighted by Crippen LogP contribution is -2.26. The fourth-order valence-electron chi connectivity index (χ4n) is 1.14. The van der Waals surface area contributed by atoms with Gasteiger partial charge >= 0.3 is 0 Å². The molecule has 0 atom stereocenters. The van der Waals surface area contributed by atoms with Gasteiger partial charge in [-0.15, -0.1) is 24.8 Å². The fraction of sp³-hybridized carbons (Fsp3) is 0.455. The van der Waals surface area contributed by atoms with Crippen LogP contribution in [-0.2, 0) is 6.54 Å². The highest BCUT2D eigenvalue weighted by Crippen LogP contribution is 2.09. The summed E-state index contributed by atoms with van der Waals surface area (Å²) >= 11 is 3.42. The lowest BCUT2D eigenvalue weighted by molar-refractivity contribution is 0.400. The maximum atomic E-state index is 3.42. The Morgan fingerprint density at radius 3 is 2.19 bits per heavy atom. The minimum absolute atomic E-state index is 0. The third kappa shape index (κ3) is 8.36. The fourth-order valence-corrected chi connectivity index (χ4v) is 1.40. The highest BCUT2D eigenvalue weighted by molar-refractivity contribution is 9.10. The summed E-state index contributed by atoms with van der Waals surface area (Å²) in [6, 6.07) is 8.41. The van der Waals surface area contributed by atoms with Crippen LogP contribution in [0.2, 0.25) is 0 Å². The predicted octanol–water partition coefficient (Wildman–Crippen LogP) is 2.94. The Balaban J connectivity index is 0. The number of nitrogens with one attached hydrogen (secondary N) is 1. The van der Waals surface area contributed by atoms with Crippen molar-refractivity contribution in [2.45, 2.75) is 6.54 Å². The molecule has 0 heterocycles. The van der Waals surface area contributed by atoms with Gasteiger partial charge in [-0.05, 0) is 31.8 Å². The van der Waals surface area contributed by atoms with Crippen molar-refractivity contribution in [3.8, 4) is 0 Å². The van der Waals surface area contributed by atoms with Crippen LogP contribution in [0.3, 0.4) is 0 Å². The van der Waals surface area contributed by atoms with Crippen molar-refractivity contribution in [3.05, 3.63) is 34.3 Å². The monoisotopic (exact) mass is 328 g/mol. The molecular weight excluding hydrogens is 311 g/mol. The molecule has 94 valence electrons. The molecule has 0 aromatic heterocycles. The van der Waals surface area contributed by atoms with Crippen molar-refractivity contribution < 1.29 is 0 Å². The average molecular weight is 330 g/mol. The van der Waals surface area contributed by atoms with Gasteiger partial charge in [0.15, 0.2) is 0 Å². The van der Waals surface area contributed by atoms with E-state index in [2.05, 4.69) is 64.5 Å². The molecule has 0 aliphatic carbocycles. The van der Waals surface area contributed by atoms with Crippen LogP contribution in [0.15, 0.2) is 28.7 Å². The van der Waals surface area contributed by atoms with Crippen molar-refractivity contribution in [1.82, 2.24) is 10.2 Å². The first-order valence-corrected chi connectivity index (χ1v) is 5.57. The molecule has 1 aromatic carbocycles. The molecule has 0 amide bonds. The molecule has 16 heavy (non-hydrogen) atoms. The van der Waals surface area contributed by atoms with Gasteiger partial charge in [0.25, 0.3) is 0 Å². The zero-order valence-electron chi connectivity index (χ0n) is 9.57. The first-order chi connectivity index (χ1) is 6.68. The Labute approximate surface area is 119 Å². The topological polar surface area (TPSA) is 15.3 Å². The molecule has 0 fully saturated rings. The molecule has 0 bridgehead atoms. The molecule has 1 rings (SSSR count). The van der Waals surface area contributed by atoms with Gasteiger partial charge in [0.2, 0.25) is 0 Å². The lowest BCUT2D eigenvalue weighted by atomic mass is 10.2. The van der Waals surface area contributed by atoms with Crippen LogP contribution in [0.25, 0.3) is 0 Å². The molecule has 0 unspecified atom stereocenters. The van der Waals surface area contributed by atoms with E-state index in [0.717, 1.165) is 24.1 Å². The first kappa shape index (κ1) is 18.6. The molecule has 5 heteroatoms. The molecule has 0 aliphatic heterocycles. The van der Waals surface area contributed by atoms with E-state index in [4.69, 9.17) is 0 Å². The summed E-state index contributed by atoms with van der Waals surface area (Å²) < 4.78 is 1.13. The molecule has 0 radical (unpaired) electrons. The van der Waals surface area contributed by atoms with E-state index in [1.54, 1.807) is 0 Å². The molecule has 1 N–H and O–H groups in total. The van der Waals surface area contributed by atoms with Gasteiger partial charge in [-0.25, -0.2) is 0 Å². The van der Waals surface area contributed by atoms with Crippen molar-refractivity contribution in [2.75, 3.05) is 27.2 Å². The summed E-state index contributed by atoms with van der Waals surface area (Å²) in [6.45, 7) is 3.06. The Bertz CT molecular complexity index is 265. The van der Waals surface area contributed by atoms with E-state index >= 15 is 0 Å². The lowest BCUT2D eigenvalue weighted by Gasteiger charge is -2.10. The van der Waals surface area contributed by atoms with Crippen molar-refractivity contribution >= 4 is 40.7 Å². The quantitative estimate of drug-likeness (QED) is 0.835. The molecule has 1 aromatic rings. The highest BCUT2D eigenvalue weighted by atomic mass is 79.9. The van der Waals surface area contributed by atoms with E-state index in [1.807, 2.05) is 0 Å². The number of hydrogen-bond acceptors (Lipinski definition) is 2. The van der Waals surface area contributed by atoms with Crippen LogP contribution in [0.5, 0.6) is 0 Å². The third-order valence-corrected chi connectivity index (χ3v) is 2.51. The number of benzene rings is 1. The number of rotatable bonds is 5. The molecule has 0 saturated carbocycles. The second-order valence-electron chi connectivity index (χ2n) is 3.61. The van der Waals surface area contributed by atoms with Crippen LogP contribution < -0.4 is 5.32 Å². The maximum absolute atomic E-state index is 3.42. The zero-order valence-corrected chi connectivity index (χ0v) is 12.8. The molecule has 2 nitrogen and oxygen atoms in total. The van der Waals surface area contributed by atoms with E-state index in [0.29, 0.717) is 0 Å². The zero-order chi connectivity index (χ0) is 10.4. The van der Waals surface area contributed by atoms with Crippen LogP contribution >= 0.6 is 40.7 Å². The third-order valence-electron chi connectivity index (χ3n) is 1.98. The second-order valence-corrected chi connectivity index (χ2v) is 4.52. The average Bonchev–Trinajstić information content (AvgIpc) is 2.15. The Morgan fingerprint density at radius 1 is 1.12 bits per heavy atom. The summed E-state index contributed by atoms with van der Waals surface area (Å²) in [5.41, 5.74) is 1.33. The Kier molecular flexibility index (Phi) is 12.0. The summed E-state index contributed by atoms with van der Waals surface area (Å²) in [5.74, 6) is 0. The van der Waals surface area contributed by atoms with Crippen LogP contribution in [-0.4, -0.2) is 32.1 Å². The minimum Gasteiger partial charge on any atom is -0.311 e. The number of nitrogens with zero attached hydrogens (tertiary/aromatic N) is 1. The minimum atomic E-state index is 0. The van der Waals surface area contributed by atoms with Gasteiger partial charge in [0.05, 0.1) is 0 Å². The number of halogens is 3. The Morgan fingerprint density at radius 2 is 1.69 bits per heavy atom. The normalized spacial score (nSPS) is 9.50. The smallest absolute Gasteiger partial charge is 0.0206 e. The van der Waals surface area contributed by atoms with Gasteiger partial charge in [-0.1, -0.05) is 28.1 Å². The van der Waals surface area contributed by atoms with Crippen molar-refractivity contribution in [2.24, 2.45) is 0 Å². The Hall–Kier alpha value is 0.200. The highest BCUT2D eigenvalue weighted by Gasteiger charge is 1.93. The van der Waals surface area contributed by atoms with E-state index in [9.17, 15) is 0 Å². The summed E-state index contributed by atoms with van der Waals surface area (Å²) in [4.78, 5) is 2.18. The number of likely N-dealkylation sites (N-methyl/N-ethyl adjacent to an activating group) is 1. The molecule has 0 spiro atoms. The molecule has 0 aliphatic rings. The van der Waals surface area contributed by atoms with Gasteiger partial charge in [-0.2, -0.15) is 0 Å². The van der Waals surface area contributed by atoms with Gasteiger partial charge in [0, 0.05) is 24.1 Å². The first-order valence-electron chi connectivity index (χ1n) is 4.78. The van der Waals surface area contributed by atoms with Gasteiger partial charge in [0.1, 0.15) is 0 Å². The van der Waals surface area contributed by atoms with Crippen molar-refractivity contribution in [1.29, 1.82) is 0 Å². The van der Waals surface area contributed by atoms with Crippen molar-refractivity contribution in [3.63, 3.8) is 0 Å².